The molecule has 122 valence electrons. The van der Waals surface area contributed by atoms with Crippen LogP contribution in [0.25, 0.3) is 15.8 Å². The van der Waals surface area contributed by atoms with Crippen LogP contribution in [0.3, 0.4) is 0 Å². The molecule has 0 N–H and O–H groups in total. The highest BCUT2D eigenvalue weighted by Gasteiger charge is 2.15. The summed E-state index contributed by atoms with van der Waals surface area (Å²) in [5.41, 5.74) is 1.70. The van der Waals surface area contributed by atoms with Gasteiger partial charge in [0.05, 0.1) is 6.10 Å². The van der Waals surface area contributed by atoms with Crippen LogP contribution in [-0.2, 0) is 11.2 Å². The Kier molecular flexibility index (Phi) is 4.11. The van der Waals surface area contributed by atoms with Gasteiger partial charge in [0.15, 0.2) is 0 Å². The minimum absolute atomic E-state index is 0.152. The van der Waals surface area contributed by atoms with Crippen LogP contribution in [0.5, 0.6) is 0 Å². The number of hydrogen-bond acceptors (Lipinski definition) is 2. The number of ether oxygens (including phenoxy) is 1. The molecule has 0 saturated heterocycles. The Balaban J connectivity index is 1.65. The second kappa shape index (κ2) is 6.40. The number of hydrogen-bond donors (Lipinski definition) is 0. The number of thiophene rings is 1. The van der Waals surface area contributed by atoms with Crippen molar-refractivity contribution in [2.75, 3.05) is 0 Å². The van der Waals surface area contributed by atoms with E-state index < -0.39 is 0 Å². The van der Waals surface area contributed by atoms with E-state index in [0.717, 1.165) is 29.7 Å². The Morgan fingerprint density at radius 1 is 1.17 bits per heavy atom. The predicted molar refractivity (Wildman–Crippen MR) is 98.8 cm³/mol. The second-order valence-corrected chi connectivity index (χ2v) is 7.48. The molecule has 0 spiro atoms. The smallest absolute Gasteiger partial charge is 0.126 e. The van der Waals surface area contributed by atoms with E-state index in [-0.39, 0.29) is 11.9 Å². The van der Waals surface area contributed by atoms with Crippen LogP contribution in [0.1, 0.15) is 35.8 Å². The Hall–Kier alpha value is -2.13. The van der Waals surface area contributed by atoms with Gasteiger partial charge in [-0.3, -0.25) is 0 Å². The van der Waals surface area contributed by atoms with Crippen LogP contribution < -0.4 is 0 Å². The fraction of sp³-hybridized carbons (Fsp3) is 0.238. The van der Waals surface area contributed by atoms with Gasteiger partial charge < -0.3 is 4.74 Å². The van der Waals surface area contributed by atoms with E-state index in [1.54, 1.807) is 17.4 Å². The average molecular weight is 338 g/mol. The number of benzene rings is 2. The molecule has 1 atom stereocenters. The molecule has 2 heterocycles. The molecule has 0 fully saturated rings. The minimum Gasteiger partial charge on any atom is -0.490 e. The summed E-state index contributed by atoms with van der Waals surface area (Å²) in [4.78, 5) is 1.18. The first-order valence-electron chi connectivity index (χ1n) is 8.32. The standard InChI is InChI=1S/C21H19FOS/c1-14-5-4-7-20(23-14)15-9-10-19(22)17(11-15)13-18-12-16-6-2-3-8-21(16)24-18/h2-3,6-12,14H,4-5,13H2,1H3. The first kappa shape index (κ1) is 15.4. The van der Waals surface area contributed by atoms with Crippen LogP contribution in [-0.4, -0.2) is 6.10 Å². The summed E-state index contributed by atoms with van der Waals surface area (Å²) in [6.07, 6.45) is 5.00. The summed E-state index contributed by atoms with van der Waals surface area (Å²) in [5.74, 6) is 0.729. The second-order valence-electron chi connectivity index (χ2n) is 6.31. The summed E-state index contributed by atoms with van der Waals surface area (Å²) < 4.78 is 21.5. The molecule has 3 aromatic rings. The third kappa shape index (κ3) is 3.09. The molecule has 0 amide bonds. The van der Waals surface area contributed by atoms with Crippen molar-refractivity contribution >= 4 is 27.2 Å². The van der Waals surface area contributed by atoms with Gasteiger partial charge >= 0.3 is 0 Å². The molecular weight excluding hydrogens is 319 g/mol. The van der Waals surface area contributed by atoms with E-state index in [0.29, 0.717) is 6.42 Å². The topological polar surface area (TPSA) is 9.23 Å². The molecule has 1 aromatic heterocycles. The summed E-state index contributed by atoms with van der Waals surface area (Å²) in [7, 11) is 0. The van der Waals surface area contributed by atoms with Crippen LogP contribution >= 0.6 is 11.3 Å². The summed E-state index contributed by atoms with van der Waals surface area (Å²) in [5, 5.41) is 1.22. The zero-order valence-electron chi connectivity index (χ0n) is 13.6. The zero-order valence-corrected chi connectivity index (χ0v) is 14.4. The highest BCUT2D eigenvalue weighted by Crippen LogP contribution is 2.30. The van der Waals surface area contributed by atoms with Gasteiger partial charge in [-0.25, -0.2) is 4.39 Å². The van der Waals surface area contributed by atoms with Crippen LogP contribution in [0.2, 0.25) is 0 Å². The van der Waals surface area contributed by atoms with Gasteiger partial charge in [0, 0.05) is 21.6 Å². The SMILES string of the molecule is CC1CCC=C(c2ccc(F)c(Cc3cc4ccccc4s3)c2)O1. The fourth-order valence-electron chi connectivity index (χ4n) is 3.13. The van der Waals surface area contributed by atoms with E-state index in [9.17, 15) is 4.39 Å². The molecule has 1 nitrogen and oxygen atoms in total. The summed E-state index contributed by atoms with van der Waals surface area (Å²) >= 11 is 1.73. The van der Waals surface area contributed by atoms with Crippen LogP contribution in [0, 0.1) is 5.82 Å². The Morgan fingerprint density at radius 2 is 2.04 bits per heavy atom. The van der Waals surface area contributed by atoms with Crippen molar-refractivity contribution in [2.24, 2.45) is 0 Å². The third-order valence-corrected chi connectivity index (χ3v) is 5.52. The van der Waals surface area contributed by atoms with Gasteiger partial charge in [-0.15, -0.1) is 11.3 Å². The lowest BCUT2D eigenvalue weighted by Crippen LogP contribution is -2.11. The summed E-state index contributed by atoms with van der Waals surface area (Å²) in [6, 6.07) is 15.7. The van der Waals surface area contributed by atoms with Gasteiger partial charge in [0.2, 0.25) is 0 Å². The largest absolute Gasteiger partial charge is 0.490 e. The summed E-state index contributed by atoms with van der Waals surface area (Å²) in [6.45, 7) is 2.08. The highest BCUT2D eigenvalue weighted by atomic mass is 32.1. The number of allylic oxidation sites excluding steroid dienone is 1. The van der Waals surface area contributed by atoms with Crippen molar-refractivity contribution in [1.29, 1.82) is 0 Å². The van der Waals surface area contributed by atoms with Crippen molar-refractivity contribution in [1.82, 2.24) is 0 Å². The van der Waals surface area contributed by atoms with Crippen molar-refractivity contribution < 1.29 is 9.13 Å². The number of rotatable bonds is 3. The van der Waals surface area contributed by atoms with Crippen molar-refractivity contribution in [3.8, 4) is 0 Å². The molecule has 1 aliphatic rings. The normalized spacial score (nSPS) is 17.6. The molecule has 1 aliphatic heterocycles. The van der Waals surface area contributed by atoms with E-state index in [1.165, 1.54) is 15.0 Å². The van der Waals surface area contributed by atoms with E-state index in [4.69, 9.17) is 4.74 Å². The van der Waals surface area contributed by atoms with Gasteiger partial charge in [-0.1, -0.05) is 18.2 Å². The molecular formula is C21H19FOS. The van der Waals surface area contributed by atoms with Gasteiger partial charge in [-0.05, 0) is 67.1 Å². The van der Waals surface area contributed by atoms with Gasteiger partial charge in [0.25, 0.3) is 0 Å². The molecule has 24 heavy (non-hydrogen) atoms. The molecule has 3 heteroatoms. The predicted octanol–water partition coefficient (Wildman–Crippen LogP) is 6.17. The Labute approximate surface area is 145 Å². The molecule has 1 unspecified atom stereocenters. The highest BCUT2D eigenvalue weighted by molar-refractivity contribution is 7.19. The molecule has 0 aliphatic carbocycles. The quantitative estimate of drug-likeness (QED) is 0.555. The molecule has 0 bridgehead atoms. The lowest BCUT2D eigenvalue weighted by Gasteiger charge is -2.22. The van der Waals surface area contributed by atoms with E-state index in [2.05, 4.69) is 31.2 Å². The van der Waals surface area contributed by atoms with Gasteiger partial charge in [0.1, 0.15) is 11.6 Å². The van der Waals surface area contributed by atoms with E-state index in [1.807, 2.05) is 24.3 Å². The number of halogens is 1. The molecule has 0 saturated carbocycles. The lowest BCUT2D eigenvalue weighted by molar-refractivity contribution is 0.164. The zero-order chi connectivity index (χ0) is 16.5. The Morgan fingerprint density at radius 3 is 2.88 bits per heavy atom. The molecule has 2 aromatic carbocycles. The lowest BCUT2D eigenvalue weighted by atomic mass is 10.0. The van der Waals surface area contributed by atoms with Crippen molar-refractivity contribution in [3.05, 3.63) is 76.4 Å². The fourth-order valence-corrected chi connectivity index (χ4v) is 4.22. The first-order chi connectivity index (χ1) is 11.7. The minimum atomic E-state index is -0.152. The van der Waals surface area contributed by atoms with E-state index >= 15 is 0 Å². The average Bonchev–Trinajstić information content (AvgIpc) is 2.99. The number of fused-ring (bicyclic) bond motifs is 1. The van der Waals surface area contributed by atoms with Crippen LogP contribution in [0.4, 0.5) is 4.39 Å². The van der Waals surface area contributed by atoms with Crippen molar-refractivity contribution in [2.45, 2.75) is 32.3 Å². The maximum absolute atomic E-state index is 14.3. The maximum Gasteiger partial charge on any atom is 0.126 e. The van der Waals surface area contributed by atoms with Crippen molar-refractivity contribution in [3.63, 3.8) is 0 Å². The molecule has 0 radical (unpaired) electrons. The van der Waals surface area contributed by atoms with Gasteiger partial charge in [-0.2, -0.15) is 0 Å². The Bertz CT molecular complexity index is 876. The maximum atomic E-state index is 14.3. The monoisotopic (exact) mass is 338 g/mol. The van der Waals surface area contributed by atoms with Crippen LogP contribution in [0.15, 0.2) is 54.6 Å². The third-order valence-electron chi connectivity index (χ3n) is 4.40. The molecule has 4 rings (SSSR count). The first-order valence-corrected chi connectivity index (χ1v) is 9.14.